The maximum Gasteiger partial charge on any atom is 0.308 e. The third-order valence-electron chi connectivity index (χ3n) is 5.78. The van der Waals surface area contributed by atoms with Gasteiger partial charge in [0.25, 0.3) is 0 Å². The summed E-state index contributed by atoms with van der Waals surface area (Å²) in [4.78, 5) is 25.0. The number of fused-ring (bicyclic) bond motifs is 1. The molecule has 0 fully saturated rings. The molecule has 1 aliphatic heterocycles. The third kappa shape index (κ3) is 4.02. The van der Waals surface area contributed by atoms with Crippen LogP contribution in [0.1, 0.15) is 45.2 Å². The van der Waals surface area contributed by atoms with E-state index in [1.54, 1.807) is 12.1 Å². The van der Waals surface area contributed by atoms with Crippen LogP contribution in [0.2, 0.25) is 0 Å². The van der Waals surface area contributed by atoms with Crippen molar-refractivity contribution in [3.63, 3.8) is 0 Å². The summed E-state index contributed by atoms with van der Waals surface area (Å²) in [6.07, 6.45) is 1.21. The van der Waals surface area contributed by atoms with Gasteiger partial charge in [0.2, 0.25) is 5.75 Å². The number of carbonyl (C=O) groups is 2. The fraction of sp³-hybridized carbons (Fsp3) is 0.360. The Bertz CT molecular complexity index is 1090. The summed E-state index contributed by atoms with van der Waals surface area (Å²) in [5.41, 5.74) is 4.05. The van der Waals surface area contributed by atoms with Crippen molar-refractivity contribution in [3.8, 4) is 17.2 Å². The molecule has 0 radical (unpaired) electrons. The van der Waals surface area contributed by atoms with Gasteiger partial charge in [-0.3, -0.25) is 9.59 Å². The number of para-hydroxylation sites is 2. The Morgan fingerprint density at radius 2 is 1.66 bits per heavy atom. The molecule has 168 valence electrons. The van der Waals surface area contributed by atoms with Gasteiger partial charge in [-0.05, 0) is 41.7 Å². The molecule has 4 rings (SSSR count). The van der Waals surface area contributed by atoms with E-state index in [2.05, 4.69) is 24.5 Å². The van der Waals surface area contributed by atoms with Crippen LogP contribution in [0.4, 0.5) is 11.4 Å². The van der Waals surface area contributed by atoms with Crippen LogP contribution >= 0.6 is 0 Å². The zero-order valence-electron chi connectivity index (χ0n) is 19.0. The number of rotatable bonds is 4. The fourth-order valence-corrected chi connectivity index (χ4v) is 4.45. The molecule has 0 unspecified atom stereocenters. The van der Waals surface area contributed by atoms with Crippen LogP contribution in [0, 0.1) is 5.41 Å². The van der Waals surface area contributed by atoms with Gasteiger partial charge in [0.1, 0.15) is 0 Å². The first kappa shape index (κ1) is 21.7. The summed E-state index contributed by atoms with van der Waals surface area (Å²) in [7, 11) is 3.00. The minimum Gasteiger partial charge on any atom is -0.493 e. The van der Waals surface area contributed by atoms with Crippen molar-refractivity contribution in [1.29, 1.82) is 0 Å². The summed E-state index contributed by atoms with van der Waals surface area (Å²) in [5, 5.41) is 7.04. The summed E-state index contributed by atoms with van der Waals surface area (Å²) in [6.45, 7) is 5.53. The average molecular weight is 437 g/mol. The Balaban J connectivity index is 1.90. The molecule has 2 N–H and O–H groups in total. The van der Waals surface area contributed by atoms with Crippen LogP contribution in [0.15, 0.2) is 47.7 Å². The number of hydrogen-bond acceptors (Lipinski definition) is 7. The second kappa shape index (κ2) is 8.22. The molecule has 2 aromatic rings. The third-order valence-corrected chi connectivity index (χ3v) is 5.78. The smallest absolute Gasteiger partial charge is 0.308 e. The average Bonchev–Trinajstić information content (AvgIpc) is 2.89. The second-order valence-corrected chi connectivity index (χ2v) is 8.93. The topological polar surface area (TPSA) is 85.9 Å². The highest BCUT2D eigenvalue weighted by molar-refractivity contribution is 6.01. The van der Waals surface area contributed by atoms with Gasteiger partial charge in [-0.2, -0.15) is 0 Å². The lowest BCUT2D eigenvalue weighted by Gasteiger charge is -2.34. The van der Waals surface area contributed by atoms with Crippen molar-refractivity contribution >= 4 is 23.1 Å². The Morgan fingerprint density at radius 1 is 1.03 bits per heavy atom. The zero-order chi connectivity index (χ0) is 23.0. The van der Waals surface area contributed by atoms with Crippen LogP contribution in [-0.2, 0) is 9.59 Å². The molecule has 1 heterocycles. The number of benzene rings is 2. The first-order valence-corrected chi connectivity index (χ1v) is 10.6. The van der Waals surface area contributed by atoms with E-state index in [-0.39, 0.29) is 16.9 Å². The van der Waals surface area contributed by atoms with Crippen molar-refractivity contribution in [1.82, 2.24) is 0 Å². The van der Waals surface area contributed by atoms with E-state index in [1.165, 1.54) is 21.1 Å². The second-order valence-electron chi connectivity index (χ2n) is 8.93. The summed E-state index contributed by atoms with van der Waals surface area (Å²) in [6, 6.07) is 11.0. The maximum atomic E-state index is 13.4. The molecule has 0 saturated carbocycles. The number of hydrogen-bond donors (Lipinski definition) is 2. The van der Waals surface area contributed by atoms with E-state index in [0.29, 0.717) is 23.5 Å². The lowest BCUT2D eigenvalue weighted by molar-refractivity contribution is -0.132. The van der Waals surface area contributed by atoms with Gasteiger partial charge < -0.3 is 24.8 Å². The molecule has 0 aromatic heterocycles. The number of allylic oxidation sites excluding steroid dienone is 1. The van der Waals surface area contributed by atoms with Gasteiger partial charge in [-0.15, -0.1) is 0 Å². The van der Waals surface area contributed by atoms with E-state index >= 15 is 0 Å². The molecule has 0 spiro atoms. The molecule has 32 heavy (non-hydrogen) atoms. The van der Waals surface area contributed by atoms with E-state index in [1.807, 2.05) is 24.3 Å². The van der Waals surface area contributed by atoms with Crippen LogP contribution in [0.25, 0.3) is 0 Å². The van der Waals surface area contributed by atoms with E-state index in [0.717, 1.165) is 29.1 Å². The van der Waals surface area contributed by atoms with Crippen LogP contribution in [0.3, 0.4) is 0 Å². The van der Waals surface area contributed by atoms with Crippen LogP contribution in [0.5, 0.6) is 17.2 Å². The standard InChI is InChI=1S/C25H28N2O5/c1-14(28)32-24-20(30-4)10-15(11-21(24)31-5)23-22-18(12-25(2,3)13-19(22)29)26-16-8-6-7-9-17(16)27-23/h6-11,23,26-27H,12-13H2,1-5H3/t23-/m1/s1. The molecule has 7 nitrogen and oxygen atoms in total. The molecule has 0 bridgehead atoms. The molecule has 0 amide bonds. The normalized spacial score (nSPS) is 19.0. The van der Waals surface area contributed by atoms with Crippen molar-refractivity contribution in [2.24, 2.45) is 5.41 Å². The zero-order valence-corrected chi connectivity index (χ0v) is 19.0. The van der Waals surface area contributed by atoms with Crippen molar-refractivity contribution < 1.29 is 23.8 Å². The number of anilines is 2. The first-order chi connectivity index (χ1) is 15.2. The number of Topliss-reactive ketones (excluding diaryl/α,β-unsaturated/α-hetero) is 1. The van der Waals surface area contributed by atoms with Crippen LogP contribution < -0.4 is 24.8 Å². The highest BCUT2D eigenvalue weighted by Crippen LogP contribution is 2.48. The highest BCUT2D eigenvalue weighted by atomic mass is 16.6. The minimum atomic E-state index is -0.477. The molecule has 2 aliphatic rings. The molecule has 2 aromatic carbocycles. The number of ether oxygens (including phenoxy) is 3. The van der Waals surface area contributed by atoms with E-state index in [4.69, 9.17) is 14.2 Å². The van der Waals surface area contributed by atoms with E-state index < -0.39 is 12.0 Å². The maximum absolute atomic E-state index is 13.4. The van der Waals surface area contributed by atoms with Gasteiger partial charge in [0.15, 0.2) is 17.3 Å². The van der Waals surface area contributed by atoms with Crippen molar-refractivity contribution in [2.75, 3.05) is 24.9 Å². The monoisotopic (exact) mass is 436 g/mol. The van der Waals surface area contributed by atoms with Crippen LogP contribution in [-0.4, -0.2) is 26.0 Å². The lowest BCUT2D eigenvalue weighted by atomic mass is 9.73. The predicted octanol–water partition coefficient (Wildman–Crippen LogP) is 4.85. The Hall–Kier alpha value is -3.48. The minimum absolute atomic E-state index is 0.0936. The Labute approximate surface area is 187 Å². The fourth-order valence-electron chi connectivity index (χ4n) is 4.45. The van der Waals surface area contributed by atoms with E-state index in [9.17, 15) is 9.59 Å². The van der Waals surface area contributed by atoms with Gasteiger partial charge in [-0.1, -0.05) is 26.0 Å². The molecule has 0 saturated heterocycles. The van der Waals surface area contributed by atoms with Gasteiger partial charge in [-0.25, -0.2) is 0 Å². The predicted molar refractivity (Wildman–Crippen MR) is 122 cm³/mol. The Morgan fingerprint density at radius 3 is 2.25 bits per heavy atom. The summed E-state index contributed by atoms with van der Waals surface area (Å²) in [5.74, 6) is 0.537. The van der Waals surface area contributed by atoms with Gasteiger partial charge in [0.05, 0.1) is 31.6 Å². The summed E-state index contributed by atoms with van der Waals surface area (Å²) < 4.78 is 16.4. The SMILES string of the molecule is COc1cc([C@H]2Nc3ccccc3NC3=C2C(=O)CC(C)(C)C3)cc(OC)c1OC(C)=O. The largest absolute Gasteiger partial charge is 0.493 e. The van der Waals surface area contributed by atoms with Gasteiger partial charge in [0, 0.05) is 24.6 Å². The molecular formula is C25H28N2O5. The van der Waals surface area contributed by atoms with Crippen molar-refractivity contribution in [3.05, 3.63) is 53.2 Å². The highest BCUT2D eigenvalue weighted by Gasteiger charge is 2.39. The summed E-state index contributed by atoms with van der Waals surface area (Å²) >= 11 is 0. The molecular weight excluding hydrogens is 408 g/mol. The number of methoxy groups -OCH3 is 2. The lowest BCUT2D eigenvalue weighted by Crippen LogP contribution is -2.31. The molecule has 1 atom stereocenters. The number of ketones is 1. The number of nitrogens with one attached hydrogen (secondary N) is 2. The number of carbonyl (C=O) groups excluding carboxylic acids is 2. The Kier molecular flexibility index (Phi) is 5.59. The quantitative estimate of drug-likeness (QED) is 0.523. The molecule has 1 aliphatic carbocycles. The first-order valence-electron chi connectivity index (χ1n) is 10.6. The van der Waals surface area contributed by atoms with Gasteiger partial charge >= 0.3 is 5.97 Å². The molecule has 7 heteroatoms. The van der Waals surface area contributed by atoms with Crippen molar-refractivity contribution in [2.45, 2.75) is 39.7 Å². The number of esters is 1.